The van der Waals surface area contributed by atoms with Crippen LogP contribution in [-0.2, 0) is 0 Å². The molecule has 0 aromatic carbocycles. The van der Waals surface area contributed by atoms with Gasteiger partial charge in [0.1, 0.15) is 11.7 Å². The topological polar surface area (TPSA) is 75.5 Å². The van der Waals surface area contributed by atoms with Gasteiger partial charge in [-0.3, -0.25) is 5.10 Å². The average molecular weight is 489 g/mol. The van der Waals surface area contributed by atoms with E-state index in [1.165, 1.54) is 5.70 Å². The molecule has 8 heteroatoms. The molecule has 1 unspecified atom stereocenters. The molecule has 1 aromatic rings. The van der Waals surface area contributed by atoms with Crippen LogP contribution in [0.4, 0.5) is 5.82 Å². The average Bonchev–Trinajstić information content (AvgIpc) is 3.28. The maximum atomic E-state index is 5.03. The molecule has 1 N–H and O–H groups in total. The molecule has 1 saturated heterocycles. The third-order valence-electron chi connectivity index (χ3n) is 6.87. The van der Waals surface area contributed by atoms with Crippen molar-refractivity contribution in [3.8, 4) is 0 Å². The Balaban J connectivity index is 1.70. The summed E-state index contributed by atoms with van der Waals surface area (Å²) in [7, 11) is 4.29. The molecule has 1 aliphatic carbocycles. The number of nitrogens with zero attached hydrogens (tertiary/aromatic N) is 7. The van der Waals surface area contributed by atoms with Gasteiger partial charge in [-0.15, -0.1) is 0 Å². The fourth-order valence-corrected chi connectivity index (χ4v) is 4.79. The van der Waals surface area contributed by atoms with E-state index in [2.05, 4.69) is 83.2 Å². The van der Waals surface area contributed by atoms with Crippen molar-refractivity contribution in [3.63, 3.8) is 0 Å². The van der Waals surface area contributed by atoms with Crippen molar-refractivity contribution in [1.29, 1.82) is 0 Å². The van der Waals surface area contributed by atoms with Crippen LogP contribution in [0.3, 0.4) is 0 Å². The van der Waals surface area contributed by atoms with Gasteiger partial charge in [-0.05, 0) is 44.9 Å². The number of aromatic nitrogens is 2. The van der Waals surface area contributed by atoms with Crippen molar-refractivity contribution in [2.75, 3.05) is 40.3 Å². The van der Waals surface area contributed by atoms with Crippen molar-refractivity contribution < 1.29 is 0 Å². The summed E-state index contributed by atoms with van der Waals surface area (Å²) in [4.78, 5) is 21.9. The van der Waals surface area contributed by atoms with Crippen molar-refractivity contribution >= 4 is 29.0 Å². The summed E-state index contributed by atoms with van der Waals surface area (Å²) in [5, 5.41) is 7.61. The Morgan fingerprint density at radius 2 is 2.06 bits per heavy atom. The summed E-state index contributed by atoms with van der Waals surface area (Å²) < 4.78 is 0. The molecule has 1 fully saturated rings. The van der Waals surface area contributed by atoms with Gasteiger partial charge in [-0.1, -0.05) is 44.2 Å². The van der Waals surface area contributed by atoms with Gasteiger partial charge in [-0.2, -0.15) is 20.1 Å². The lowest BCUT2D eigenvalue weighted by atomic mass is 10.0. The molecule has 1 atom stereocenters. The van der Waals surface area contributed by atoms with Crippen LogP contribution in [0.15, 0.2) is 63.2 Å². The Kier molecular flexibility index (Phi) is 8.70. The number of H-pyrrole nitrogens is 1. The Morgan fingerprint density at radius 3 is 2.75 bits per heavy atom. The molecule has 4 rings (SSSR count). The molecular weight excluding hydrogens is 448 g/mol. The Labute approximate surface area is 215 Å². The van der Waals surface area contributed by atoms with Crippen molar-refractivity contribution in [3.05, 3.63) is 53.9 Å². The highest BCUT2D eigenvalue weighted by molar-refractivity contribution is 6.07. The number of allylic oxidation sites excluding steroid dienone is 8. The molecule has 8 nitrogen and oxygen atoms in total. The van der Waals surface area contributed by atoms with Gasteiger partial charge in [0.25, 0.3) is 5.96 Å². The number of aromatic amines is 1. The highest BCUT2D eigenvalue weighted by Gasteiger charge is 2.27. The number of aliphatic imine (C=N–C) groups is 3. The van der Waals surface area contributed by atoms with Crippen LogP contribution in [0.25, 0.3) is 5.57 Å². The first kappa shape index (κ1) is 25.8. The molecule has 3 heterocycles. The summed E-state index contributed by atoms with van der Waals surface area (Å²) in [5.41, 5.74) is 3.32. The predicted molar refractivity (Wildman–Crippen MR) is 151 cm³/mol. The van der Waals surface area contributed by atoms with E-state index in [0.29, 0.717) is 11.8 Å². The van der Waals surface area contributed by atoms with E-state index < -0.39 is 0 Å². The smallest absolute Gasteiger partial charge is 0.254 e. The molecule has 0 bridgehead atoms. The molecule has 0 amide bonds. The van der Waals surface area contributed by atoms with E-state index >= 15 is 0 Å². The zero-order valence-electron chi connectivity index (χ0n) is 22.4. The van der Waals surface area contributed by atoms with Crippen LogP contribution in [0.5, 0.6) is 0 Å². The van der Waals surface area contributed by atoms with E-state index in [-0.39, 0.29) is 5.92 Å². The fraction of sp³-hybridized carbons (Fsp3) is 0.500. The number of piperazine rings is 1. The lowest BCUT2D eigenvalue weighted by Gasteiger charge is -2.35. The monoisotopic (exact) mass is 488 g/mol. The third kappa shape index (κ3) is 6.29. The molecule has 3 aliphatic rings. The van der Waals surface area contributed by atoms with Gasteiger partial charge in [0, 0.05) is 57.3 Å². The maximum absolute atomic E-state index is 5.03. The second kappa shape index (κ2) is 12.1. The fourth-order valence-electron chi connectivity index (χ4n) is 4.79. The van der Waals surface area contributed by atoms with Gasteiger partial charge in [0.05, 0.1) is 5.69 Å². The quantitative estimate of drug-likeness (QED) is 0.591. The van der Waals surface area contributed by atoms with E-state index in [9.17, 15) is 0 Å². The molecule has 0 saturated carbocycles. The van der Waals surface area contributed by atoms with Crippen molar-refractivity contribution in [2.45, 2.75) is 46.5 Å². The van der Waals surface area contributed by atoms with Gasteiger partial charge >= 0.3 is 0 Å². The summed E-state index contributed by atoms with van der Waals surface area (Å²) in [6.07, 6.45) is 16.7. The highest BCUT2D eigenvalue weighted by atomic mass is 15.3. The molecule has 36 heavy (non-hydrogen) atoms. The SMILES string of the molecule is CC=C/C(=C\CC)c1cc(N=C2N=C(N3CCN(C)CC3)CC(C)C(N(C)C3=CC=CCC3)=N2)n[nH]1. The van der Waals surface area contributed by atoms with Gasteiger partial charge < -0.3 is 14.7 Å². The van der Waals surface area contributed by atoms with E-state index in [4.69, 9.17) is 15.0 Å². The van der Waals surface area contributed by atoms with Crippen LogP contribution in [0, 0.1) is 5.92 Å². The largest absolute Gasteiger partial charge is 0.357 e. The highest BCUT2D eigenvalue weighted by Crippen LogP contribution is 2.24. The first-order valence-corrected chi connectivity index (χ1v) is 13.1. The zero-order valence-corrected chi connectivity index (χ0v) is 22.4. The van der Waals surface area contributed by atoms with Crippen LogP contribution >= 0.6 is 0 Å². The molecule has 0 radical (unpaired) electrons. The second-order valence-electron chi connectivity index (χ2n) is 9.70. The van der Waals surface area contributed by atoms with Gasteiger partial charge in [0.15, 0.2) is 5.82 Å². The van der Waals surface area contributed by atoms with E-state index in [0.717, 1.165) is 74.8 Å². The number of hydrogen-bond donors (Lipinski definition) is 1. The predicted octanol–water partition coefficient (Wildman–Crippen LogP) is 5.02. The lowest BCUT2D eigenvalue weighted by molar-refractivity contribution is 0.212. The van der Waals surface area contributed by atoms with Crippen LogP contribution < -0.4 is 0 Å². The minimum atomic E-state index is 0.219. The standard InChI is InChI=1S/C28H40N8/c1-6-11-22(12-7-2)24-20-25(33-32-24)29-28-30-26(36-17-15-34(4)16-18-36)19-21(3)27(31-28)35(5)23-13-9-8-10-14-23/h6,8-9,11-13,20-21H,7,10,14-19H2,1-5H3,(H,32,33)/b11-6?,22-12+,29-28?. The summed E-state index contributed by atoms with van der Waals surface area (Å²) in [5.74, 6) is 3.34. The Hall–Kier alpha value is -3.26. The van der Waals surface area contributed by atoms with E-state index in [1.807, 2.05) is 19.1 Å². The summed E-state index contributed by atoms with van der Waals surface area (Å²) >= 11 is 0. The first-order chi connectivity index (χ1) is 17.5. The first-order valence-electron chi connectivity index (χ1n) is 13.1. The third-order valence-corrected chi connectivity index (χ3v) is 6.87. The van der Waals surface area contributed by atoms with E-state index in [1.54, 1.807) is 0 Å². The number of nitrogens with one attached hydrogen (secondary N) is 1. The Bertz CT molecular complexity index is 1120. The van der Waals surface area contributed by atoms with Gasteiger partial charge in [-0.25, -0.2) is 0 Å². The molecule has 2 aliphatic heterocycles. The molecule has 0 spiro atoms. The minimum absolute atomic E-state index is 0.219. The lowest BCUT2D eigenvalue weighted by Crippen LogP contribution is -2.47. The number of hydrogen-bond acceptors (Lipinski definition) is 5. The van der Waals surface area contributed by atoms with Crippen molar-refractivity contribution in [1.82, 2.24) is 24.9 Å². The molecule has 192 valence electrons. The number of guanidine groups is 1. The molecule has 1 aromatic heterocycles. The molecular formula is C28H40N8. The second-order valence-corrected chi connectivity index (χ2v) is 9.70. The number of rotatable bonds is 5. The maximum Gasteiger partial charge on any atom is 0.254 e. The Morgan fingerprint density at radius 1 is 1.25 bits per heavy atom. The van der Waals surface area contributed by atoms with Crippen LogP contribution in [0.2, 0.25) is 0 Å². The number of likely N-dealkylation sites (N-methyl/N-ethyl adjacent to an activating group) is 1. The van der Waals surface area contributed by atoms with Crippen LogP contribution in [0.1, 0.15) is 52.1 Å². The zero-order chi connectivity index (χ0) is 25.5. The van der Waals surface area contributed by atoms with Gasteiger partial charge in [0.2, 0.25) is 0 Å². The summed E-state index contributed by atoms with van der Waals surface area (Å²) in [6, 6.07) is 1.97. The van der Waals surface area contributed by atoms with Crippen LogP contribution in [-0.4, -0.2) is 82.8 Å². The van der Waals surface area contributed by atoms with Crippen molar-refractivity contribution in [2.24, 2.45) is 20.9 Å². The minimum Gasteiger partial charge on any atom is -0.357 e. The normalized spacial score (nSPS) is 23.1. The number of amidine groups is 2. The summed E-state index contributed by atoms with van der Waals surface area (Å²) in [6.45, 7) is 10.4.